The van der Waals surface area contributed by atoms with Gasteiger partial charge >= 0.3 is 0 Å². The highest BCUT2D eigenvalue weighted by Crippen LogP contribution is 2.37. The van der Waals surface area contributed by atoms with Gasteiger partial charge in [-0.1, -0.05) is 51.1 Å². The topological polar surface area (TPSA) is 15.3 Å². The minimum absolute atomic E-state index is 0.233. The lowest BCUT2D eigenvalue weighted by atomic mass is 9.83. The predicted octanol–water partition coefficient (Wildman–Crippen LogP) is 4.38. The van der Waals surface area contributed by atoms with Crippen LogP contribution in [0.4, 0.5) is 0 Å². The van der Waals surface area contributed by atoms with E-state index in [-0.39, 0.29) is 11.1 Å². The van der Waals surface area contributed by atoms with E-state index >= 15 is 0 Å². The van der Waals surface area contributed by atoms with Gasteiger partial charge in [0.2, 0.25) is 0 Å². The van der Waals surface area contributed by atoms with Crippen molar-refractivity contribution in [3.05, 3.63) is 35.9 Å². The molecule has 21 heavy (non-hydrogen) atoms. The summed E-state index contributed by atoms with van der Waals surface area (Å²) in [6, 6.07) is 11.5. The second-order valence-electron chi connectivity index (χ2n) is 7.05. The number of hydrogen-bond donors (Lipinski definition) is 1. The van der Waals surface area contributed by atoms with Gasteiger partial charge in [-0.25, -0.2) is 0 Å². The van der Waals surface area contributed by atoms with E-state index in [0.717, 1.165) is 13.1 Å². The zero-order valence-corrected chi connectivity index (χ0v) is 14.4. The van der Waals surface area contributed by atoms with E-state index in [1.807, 2.05) is 0 Å². The molecule has 2 nitrogen and oxygen atoms in total. The van der Waals surface area contributed by atoms with Crippen LogP contribution in [0.3, 0.4) is 0 Å². The van der Waals surface area contributed by atoms with Gasteiger partial charge in [-0.3, -0.25) is 4.90 Å². The van der Waals surface area contributed by atoms with Crippen LogP contribution in [0, 0.1) is 0 Å². The van der Waals surface area contributed by atoms with Crippen molar-refractivity contribution in [2.24, 2.45) is 0 Å². The fraction of sp³-hybridized carbons (Fsp3) is 0.684. The van der Waals surface area contributed by atoms with Crippen molar-refractivity contribution in [3.8, 4) is 0 Å². The first-order valence-corrected chi connectivity index (χ1v) is 8.54. The summed E-state index contributed by atoms with van der Waals surface area (Å²) < 4.78 is 0. The molecule has 118 valence electrons. The van der Waals surface area contributed by atoms with Gasteiger partial charge in [0.05, 0.1) is 0 Å². The molecule has 1 saturated heterocycles. The fourth-order valence-corrected chi connectivity index (χ4v) is 3.43. The molecular weight excluding hydrogens is 256 g/mol. The Morgan fingerprint density at radius 3 is 2.33 bits per heavy atom. The normalized spacial score (nSPS) is 27.8. The third-order valence-electron chi connectivity index (χ3n) is 5.80. The standard InChI is InChI=1S/C19H32N2/c1-6-18(4)15-21(19(5,7-2)8-3)17(14-20-18)16-12-10-9-11-13-16/h9-13,17,20H,6-8,14-15H2,1-5H3. The molecule has 2 unspecified atom stereocenters. The Hall–Kier alpha value is -0.860. The third-order valence-corrected chi connectivity index (χ3v) is 5.80. The van der Waals surface area contributed by atoms with Crippen molar-refractivity contribution in [1.29, 1.82) is 0 Å². The Bertz CT molecular complexity index is 438. The van der Waals surface area contributed by atoms with Crippen LogP contribution in [-0.2, 0) is 0 Å². The van der Waals surface area contributed by atoms with E-state index in [9.17, 15) is 0 Å². The van der Waals surface area contributed by atoms with E-state index < -0.39 is 0 Å². The molecule has 1 aromatic rings. The minimum Gasteiger partial charge on any atom is -0.308 e. The molecule has 1 heterocycles. The highest BCUT2D eigenvalue weighted by Gasteiger charge is 2.42. The summed E-state index contributed by atoms with van der Waals surface area (Å²) in [6.07, 6.45) is 3.58. The summed E-state index contributed by atoms with van der Waals surface area (Å²) >= 11 is 0. The van der Waals surface area contributed by atoms with Crippen LogP contribution in [0.15, 0.2) is 30.3 Å². The number of benzene rings is 1. The SMILES string of the molecule is CCC1(C)CN(C(C)(CC)CC)C(c2ccccc2)CN1. The van der Waals surface area contributed by atoms with Crippen molar-refractivity contribution in [1.82, 2.24) is 10.2 Å². The van der Waals surface area contributed by atoms with Gasteiger partial charge in [-0.2, -0.15) is 0 Å². The highest BCUT2D eigenvalue weighted by atomic mass is 15.3. The van der Waals surface area contributed by atoms with Gasteiger partial charge < -0.3 is 5.32 Å². The first-order valence-electron chi connectivity index (χ1n) is 8.54. The van der Waals surface area contributed by atoms with Gasteiger partial charge in [-0.15, -0.1) is 0 Å². The van der Waals surface area contributed by atoms with Gasteiger partial charge in [0, 0.05) is 30.2 Å². The maximum atomic E-state index is 3.80. The number of rotatable bonds is 5. The summed E-state index contributed by atoms with van der Waals surface area (Å²) in [6.45, 7) is 13.9. The fourth-order valence-electron chi connectivity index (χ4n) is 3.43. The quantitative estimate of drug-likeness (QED) is 0.865. The zero-order chi connectivity index (χ0) is 15.5. The maximum Gasteiger partial charge on any atom is 0.0479 e. The number of nitrogens with zero attached hydrogens (tertiary/aromatic N) is 1. The molecule has 2 rings (SSSR count). The Kier molecular flexibility index (Phi) is 5.11. The van der Waals surface area contributed by atoms with Crippen molar-refractivity contribution in [2.75, 3.05) is 13.1 Å². The van der Waals surface area contributed by atoms with Gasteiger partial charge in [0.25, 0.3) is 0 Å². The van der Waals surface area contributed by atoms with Gasteiger partial charge in [0.15, 0.2) is 0 Å². The lowest BCUT2D eigenvalue weighted by Gasteiger charge is -2.53. The molecule has 1 aliphatic heterocycles. The molecular formula is C19H32N2. The summed E-state index contributed by atoms with van der Waals surface area (Å²) in [7, 11) is 0. The van der Waals surface area contributed by atoms with Gasteiger partial charge in [0.1, 0.15) is 0 Å². The zero-order valence-electron chi connectivity index (χ0n) is 14.4. The summed E-state index contributed by atoms with van der Waals surface area (Å²) in [5.74, 6) is 0. The highest BCUT2D eigenvalue weighted by molar-refractivity contribution is 5.22. The third kappa shape index (κ3) is 3.32. The van der Waals surface area contributed by atoms with E-state index in [1.54, 1.807) is 0 Å². The van der Waals surface area contributed by atoms with Crippen LogP contribution in [0.2, 0.25) is 0 Å². The Morgan fingerprint density at radius 1 is 1.19 bits per heavy atom. The lowest BCUT2D eigenvalue weighted by molar-refractivity contribution is -0.0115. The van der Waals surface area contributed by atoms with Crippen LogP contribution in [-0.4, -0.2) is 29.1 Å². The minimum atomic E-state index is 0.233. The van der Waals surface area contributed by atoms with E-state index in [4.69, 9.17) is 0 Å². The first-order chi connectivity index (χ1) is 9.98. The van der Waals surface area contributed by atoms with Crippen molar-refractivity contribution < 1.29 is 0 Å². The van der Waals surface area contributed by atoms with Crippen LogP contribution in [0.25, 0.3) is 0 Å². The molecule has 2 atom stereocenters. The lowest BCUT2D eigenvalue weighted by Crippen LogP contribution is -2.64. The first kappa shape index (κ1) is 16.5. The Morgan fingerprint density at radius 2 is 1.81 bits per heavy atom. The van der Waals surface area contributed by atoms with Crippen LogP contribution in [0.1, 0.15) is 65.5 Å². The molecule has 0 bridgehead atoms. The maximum absolute atomic E-state index is 3.80. The van der Waals surface area contributed by atoms with Crippen LogP contribution in [0.5, 0.6) is 0 Å². The molecule has 1 fully saturated rings. The van der Waals surface area contributed by atoms with Crippen molar-refractivity contribution in [2.45, 2.75) is 71.0 Å². The Labute approximate surface area is 130 Å². The molecule has 0 saturated carbocycles. The molecule has 1 aromatic carbocycles. The Balaban J connectivity index is 2.35. The molecule has 1 N–H and O–H groups in total. The van der Waals surface area contributed by atoms with Gasteiger partial charge in [-0.05, 0) is 38.7 Å². The molecule has 0 spiro atoms. The smallest absolute Gasteiger partial charge is 0.0479 e. The molecule has 1 aliphatic rings. The predicted molar refractivity (Wildman–Crippen MR) is 91.6 cm³/mol. The number of nitrogens with one attached hydrogen (secondary N) is 1. The second-order valence-corrected chi connectivity index (χ2v) is 7.05. The second kappa shape index (κ2) is 6.50. The average Bonchev–Trinajstić information content (AvgIpc) is 2.55. The largest absolute Gasteiger partial charge is 0.308 e. The van der Waals surface area contributed by atoms with Crippen molar-refractivity contribution in [3.63, 3.8) is 0 Å². The molecule has 0 aromatic heterocycles. The average molecular weight is 288 g/mol. The van der Waals surface area contributed by atoms with E-state index in [0.29, 0.717) is 6.04 Å². The summed E-state index contributed by atoms with van der Waals surface area (Å²) in [5, 5.41) is 3.80. The van der Waals surface area contributed by atoms with E-state index in [2.05, 4.69) is 75.2 Å². The number of hydrogen-bond acceptors (Lipinski definition) is 2. The summed E-state index contributed by atoms with van der Waals surface area (Å²) in [4.78, 5) is 2.77. The number of piperazine rings is 1. The van der Waals surface area contributed by atoms with Crippen LogP contribution >= 0.6 is 0 Å². The van der Waals surface area contributed by atoms with Crippen molar-refractivity contribution >= 4 is 0 Å². The molecule has 0 radical (unpaired) electrons. The molecule has 2 heteroatoms. The molecule has 0 aliphatic carbocycles. The van der Waals surface area contributed by atoms with Crippen LogP contribution < -0.4 is 5.32 Å². The summed E-state index contributed by atoms with van der Waals surface area (Å²) in [5.41, 5.74) is 1.95. The molecule has 0 amide bonds. The van der Waals surface area contributed by atoms with E-state index in [1.165, 1.54) is 24.8 Å². The monoisotopic (exact) mass is 288 g/mol.